The second-order valence-electron chi connectivity index (χ2n) is 8.81. The van der Waals surface area contributed by atoms with Crippen molar-refractivity contribution in [2.75, 3.05) is 0 Å². The van der Waals surface area contributed by atoms with Crippen LogP contribution in [0.4, 0.5) is 0 Å². The number of rotatable bonds is 2. The number of benzene rings is 1. The predicted octanol–water partition coefficient (Wildman–Crippen LogP) is 5.91. The van der Waals surface area contributed by atoms with E-state index in [4.69, 9.17) is 4.84 Å². The Kier molecular flexibility index (Phi) is 4.44. The van der Waals surface area contributed by atoms with Gasteiger partial charge in [-0.2, -0.15) is 11.3 Å². The van der Waals surface area contributed by atoms with E-state index in [0.29, 0.717) is 5.75 Å². The number of oxime groups is 1. The second kappa shape index (κ2) is 6.17. The maximum Gasteiger partial charge on any atom is 0.159 e. The molecule has 1 aliphatic heterocycles. The van der Waals surface area contributed by atoms with Crippen molar-refractivity contribution in [1.82, 2.24) is 0 Å². The molecule has 0 saturated carbocycles. The molecule has 0 bridgehead atoms. The summed E-state index contributed by atoms with van der Waals surface area (Å²) < 4.78 is 0. The number of hydrogen-bond donors (Lipinski definition) is 1. The molecular formula is C21H27NO2S. The van der Waals surface area contributed by atoms with Crippen molar-refractivity contribution >= 4 is 17.0 Å². The molecule has 0 amide bonds. The Hall–Kier alpha value is -1.81. The van der Waals surface area contributed by atoms with Crippen LogP contribution in [0.5, 0.6) is 5.75 Å². The summed E-state index contributed by atoms with van der Waals surface area (Å²) in [5, 5.41) is 19.4. The number of phenols is 1. The molecule has 0 radical (unpaired) electrons. The fraction of sp³-hybridized carbons (Fsp3) is 0.476. The van der Waals surface area contributed by atoms with Gasteiger partial charge in [-0.3, -0.25) is 0 Å². The van der Waals surface area contributed by atoms with Gasteiger partial charge in [-0.05, 0) is 39.8 Å². The highest BCUT2D eigenvalue weighted by atomic mass is 32.1. The maximum atomic E-state index is 10.9. The van der Waals surface area contributed by atoms with Crippen LogP contribution in [0.3, 0.4) is 0 Å². The van der Waals surface area contributed by atoms with Crippen molar-refractivity contribution < 1.29 is 9.94 Å². The number of hydrogen-bond acceptors (Lipinski definition) is 4. The zero-order valence-electron chi connectivity index (χ0n) is 15.9. The van der Waals surface area contributed by atoms with Crippen molar-refractivity contribution in [3.63, 3.8) is 0 Å². The van der Waals surface area contributed by atoms with Gasteiger partial charge >= 0.3 is 0 Å². The van der Waals surface area contributed by atoms with Gasteiger partial charge in [-0.15, -0.1) is 0 Å². The van der Waals surface area contributed by atoms with E-state index in [1.54, 1.807) is 11.3 Å². The standard InChI is InChI=1S/C21H27NO2S/c1-20(2,3)15-9-14(10-16(19(15)23)21(4,5)6)17-11-18(24-22-17)13-7-8-25-12-13/h7-10,12,18,23H,11H2,1-6H3. The summed E-state index contributed by atoms with van der Waals surface area (Å²) in [4.78, 5) is 5.68. The average Bonchev–Trinajstić information content (AvgIpc) is 3.16. The molecule has 134 valence electrons. The van der Waals surface area contributed by atoms with Crippen molar-refractivity contribution in [2.24, 2.45) is 5.16 Å². The minimum atomic E-state index is -0.146. The lowest BCUT2D eigenvalue weighted by Gasteiger charge is -2.28. The number of nitrogens with zero attached hydrogens (tertiary/aromatic N) is 1. The molecule has 25 heavy (non-hydrogen) atoms. The molecule has 0 aliphatic carbocycles. The van der Waals surface area contributed by atoms with E-state index < -0.39 is 0 Å². The van der Waals surface area contributed by atoms with Crippen LogP contribution in [0.15, 0.2) is 34.1 Å². The lowest BCUT2D eigenvalue weighted by Crippen LogP contribution is -2.18. The first kappa shape index (κ1) is 18.0. The number of aromatic hydroxyl groups is 1. The van der Waals surface area contributed by atoms with Gasteiger partial charge in [0.2, 0.25) is 0 Å². The van der Waals surface area contributed by atoms with Gasteiger partial charge in [0.25, 0.3) is 0 Å². The van der Waals surface area contributed by atoms with E-state index in [1.165, 1.54) is 5.56 Å². The van der Waals surface area contributed by atoms with Crippen LogP contribution >= 0.6 is 11.3 Å². The Bertz CT molecular complexity index is 757. The molecule has 1 N–H and O–H groups in total. The zero-order valence-corrected chi connectivity index (χ0v) is 16.7. The second-order valence-corrected chi connectivity index (χ2v) is 9.59. The summed E-state index contributed by atoms with van der Waals surface area (Å²) in [6.45, 7) is 12.7. The molecule has 0 spiro atoms. The first-order valence-corrected chi connectivity index (χ1v) is 9.65. The topological polar surface area (TPSA) is 41.8 Å². The molecule has 0 fully saturated rings. The van der Waals surface area contributed by atoms with Crippen molar-refractivity contribution in [3.8, 4) is 5.75 Å². The molecule has 2 aromatic rings. The van der Waals surface area contributed by atoms with Crippen LogP contribution in [0.1, 0.15) is 76.3 Å². The smallest absolute Gasteiger partial charge is 0.159 e. The molecule has 3 rings (SSSR count). The Labute approximate surface area is 154 Å². The van der Waals surface area contributed by atoms with Crippen LogP contribution in [-0.4, -0.2) is 10.8 Å². The SMILES string of the molecule is CC(C)(C)c1cc(C2=NOC(c3ccsc3)C2)cc(C(C)(C)C)c1O. The Morgan fingerprint density at radius 1 is 1.08 bits per heavy atom. The first-order chi connectivity index (χ1) is 11.6. The van der Waals surface area contributed by atoms with E-state index in [-0.39, 0.29) is 16.9 Å². The number of phenolic OH excluding ortho intramolecular Hbond substituents is 1. The van der Waals surface area contributed by atoms with Crippen LogP contribution in [-0.2, 0) is 15.7 Å². The van der Waals surface area contributed by atoms with Gasteiger partial charge in [0.05, 0.1) is 5.71 Å². The molecule has 3 nitrogen and oxygen atoms in total. The van der Waals surface area contributed by atoms with Crippen molar-refractivity contribution in [2.45, 2.75) is 64.9 Å². The Morgan fingerprint density at radius 2 is 1.68 bits per heavy atom. The highest BCUT2D eigenvalue weighted by Crippen LogP contribution is 2.41. The van der Waals surface area contributed by atoms with Gasteiger partial charge in [-0.1, -0.05) is 46.7 Å². The normalized spacial score (nSPS) is 18.2. The predicted molar refractivity (Wildman–Crippen MR) is 105 cm³/mol. The molecule has 2 heterocycles. The van der Waals surface area contributed by atoms with E-state index in [1.807, 2.05) is 0 Å². The van der Waals surface area contributed by atoms with Crippen molar-refractivity contribution in [1.29, 1.82) is 0 Å². The molecule has 1 unspecified atom stereocenters. The van der Waals surface area contributed by atoms with Crippen LogP contribution < -0.4 is 0 Å². The lowest BCUT2D eigenvalue weighted by atomic mass is 9.78. The molecule has 1 aliphatic rings. The Morgan fingerprint density at radius 3 is 2.16 bits per heavy atom. The summed E-state index contributed by atoms with van der Waals surface area (Å²) in [7, 11) is 0. The first-order valence-electron chi connectivity index (χ1n) is 8.70. The fourth-order valence-electron chi connectivity index (χ4n) is 3.13. The molecular weight excluding hydrogens is 330 g/mol. The third-order valence-corrected chi connectivity index (χ3v) is 5.34. The zero-order chi connectivity index (χ0) is 18.4. The lowest BCUT2D eigenvalue weighted by molar-refractivity contribution is 0.0860. The maximum absolute atomic E-state index is 10.9. The van der Waals surface area contributed by atoms with Crippen molar-refractivity contribution in [3.05, 3.63) is 51.2 Å². The van der Waals surface area contributed by atoms with E-state index in [9.17, 15) is 5.11 Å². The minimum absolute atomic E-state index is 0.00812. The third kappa shape index (κ3) is 3.59. The summed E-state index contributed by atoms with van der Waals surface area (Å²) in [5.41, 5.74) is 4.79. The van der Waals surface area contributed by atoms with Crippen LogP contribution in [0, 0.1) is 0 Å². The van der Waals surface area contributed by atoms with Crippen LogP contribution in [0.25, 0.3) is 0 Å². The summed E-state index contributed by atoms with van der Waals surface area (Å²) in [6.07, 6.45) is 0.750. The Balaban J connectivity index is 2.02. The molecule has 1 atom stereocenters. The summed E-state index contributed by atoms with van der Waals surface area (Å²) >= 11 is 1.67. The van der Waals surface area contributed by atoms with Gasteiger partial charge in [0, 0.05) is 28.7 Å². The van der Waals surface area contributed by atoms with Crippen LogP contribution in [0.2, 0.25) is 0 Å². The molecule has 1 aromatic carbocycles. The average molecular weight is 358 g/mol. The highest BCUT2D eigenvalue weighted by Gasteiger charge is 2.30. The fourth-order valence-corrected chi connectivity index (χ4v) is 3.83. The summed E-state index contributed by atoms with van der Waals surface area (Å²) in [6, 6.07) is 6.23. The molecule has 0 saturated heterocycles. The monoisotopic (exact) mass is 357 g/mol. The van der Waals surface area contributed by atoms with E-state index in [2.05, 4.69) is 75.7 Å². The van der Waals surface area contributed by atoms with Gasteiger partial charge < -0.3 is 9.94 Å². The highest BCUT2D eigenvalue weighted by molar-refractivity contribution is 7.07. The van der Waals surface area contributed by atoms with Gasteiger partial charge in [0.1, 0.15) is 5.75 Å². The summed E-state index contributed by atoms with van der Waals surface area (Å²) in [5.74, 6) is 0.401. The quantitative estimate of drug-likeness (QED) is 0.725. The number of thiophene rings is 1. The molecule has 4 heteroatoms. The van der Waals surface area contributed by atoms with Gasteiger partial charge in [-0.25, -0.2) is 0 Å². The molecule has 1 aromatic heterocycles. The largest absolute Gasteiger partial charge is 0.507 e. The minimum Gasteiger partial charge on any atom is -0.507 e. The van der Waals surface area contributed by atoms with Gasteiger partial charge in [0.15, 0.2) is 6.10 Å². The van der Waals surface area contributed by atoms with E-state index in [0.717, 1.165) is 28.8 Å². The third-order valence-electron chi connectivity index (χ3n) is 4.64. The van der Waals surface area contributed by atoms with E-state index >= 15 is 0 Å².